The molecule has 2 aromatic rings. The number of nitrogens with one attached hydrogen (secondary N) is 1. The van der Waals surface area contributed by atoms with E-state index in [1.807, 2.05) is 37.3 Å². The van der Waals surface area contributed by atoms with Crippen LogP contribution in [-0.4, -0.2) is 35.0 Å². The van der Waals surface area contributed by atoms with Crippen LogP contribution in [0.25, 0.3) is 6.08 Å². The van der Waals surface area contributed by atoms with Crippen LogP contribution in [0, 0.1) is 5.82 Å². The molecule has 0 bridgehead atoms. The van der Waals surface area contributed by atoms with E-state index < -0.39 is 17.0 Å². The highest BCUT2D eigenvalue weighted by molar-refractivity contribution is 8.18. The van der Waals surface area contributed by atoms with Gasteiger partial charge < -0.3 is 5.32 Å². The second kappa shape index (κ2) is 10.2. The summed E-state index contributed by atoms with van der Waals surface area (Å²) in [5, 5.41) is 2.41. The zero-order valence-electron chi connectivity index (χ0n) is 16.6. The van der Waals surface area contributed by atoms with Gasteiger partial charge in [-0.3, -0.25) is 19.3 Å². The lowest BCUT2D eigenvalue weighted by molar-refractivity contribution is -0.125. The van der Waals surface area contributed by atoms with E-state index in [-0.39, 0.29) is 35.4 Å². The maximum absolute atomic E-state index is 13.8. The Balaban J connectivity index is 1.60. The number of amides is 3. The normalized spacial score (nSPS) is 16.2. The summed E-state index contributed by atoms with van der Waals surface area (Å²) in [6, 6.07) is 15.6. The average molecular weight is 427 g/mol. The van der Waals surface area contributed by atoms with Crippen molar-refractivity contribution in [3.8, 4) is 0 Å². The average Bonchev–Trinajstić information content (AvgIpc) is 3.01. The van der Waals surface area contributed by atoms with Crippen LogP contribution in [0.1, 0.15) is 36.8 Å². The number of halogens is 1. The fourth-order valence-corrected chi connectivity index (χ4v) is 4.12. The number of rotatable bonds is 8. The predicted octanol–water partition coefficient (Wildman–Crippen LogP) is 4.56. The van der Waals surface area contributed by atoms with Gasteiger partial charge in [0.15, 0.2) is 0 Å². The molecule has 0 saturated carbocycles. The lowest BCUT2D eigenvalue weighted by Crippen LogP contribution is -2.39. The quantitative estimate of drug-likeness (QED) is 0.629. The molecule has 3 rings (SSSR count). The van der Waals surface area contributed by atoms with E-state index in [2.05, 4.69) is 5.32 Å². The molecule has 0 radical (unpaired) electrons. The number of hydrogen-bond donors (Lipinski definition) is 1. The Morgan fingerprint density at radius 3 is 2.53 bits per heavy atom. The first-order valence-electron chi connectivity index (χ1n) is 9.83. The van der Waals surface area contributed by atoms with Gasteiger partial charge in [0.05, 0.1) is 10.8 Å². The van der Waals surface area contributed by atoms with Crippen molar-refractivity contribution >= 4 is 34.9 Å². The Morgan fingerprint density at radius 1 is 1.13 bits per heavy atom. The van der Waals surface area contributed by atoms with Gasteiger partial charge in [0, 0.05) is 18.7 Å². The van der Waals surface area contributed by atoms with E-state index in [4.69, 9.17) is 0 Å². The fraction of sp³-hybridized carbons (Fsp3) is 0.261. The summed E-state index contributed by atoms with van der Waals surface area (Å²) in [5.41, 5.74) is 1.19. The molecule has 0 aromatic heterocycles. The molecule has 30 heavy (non-hydrogen) atoms. The molecule has 2 aromatic carbocycles. The van der Waals surface area contributed by atoms with Crippen LogP contribution >= 0.6 is 11.8 Å². The maximum Gasteiger partial charge on any atom is 0.293 e. The topological polar surface area (TPSA) is 66.5 Å². The molecule has 1 N–H and O–H groups in total. The standard InChI is InChI=1S/C23H23FN2O3S/c1-2-8-18(16-9-4-3-5-10-16)21(27)25-13-14-26-22(28)20(30-23(26)29)15-17-11-6-7-12-19(17)24/h3-7,9-12,15,18H,2,8,13-14H2,1H3,(H,25,27). The molecule has 1 atom stereocenters. The monoisotopic (exact) mass is 426 g/mol. The minimum absolute atomic E-state index is 0.0681. The van der Waals surface area contributed by atoms with Crippen molar-refractivity contribution in [1.82, 2.24) is 10.2 Å². The van der Waals surface area contributed by atoms with Crippen molar-refractivity contribution in [3.63, 3.8) is 0 Å². The molecule has 1 fully saturated rings. The molecule has 1 heterocycles. The molecule has 5 nitrogen and oxygen atoms in total. The van der Waals surface area contributed by atoms with E-state index in [0.29, 0.717) is 6.42 Å². The third-order valence-electron chi connectivity index (χ3n) is 4.80. The number of benzene rings is 2. The Labute approximate surface area is 179 Å². The second-order valence-electron chi connectivity index (χ2n) is 6.90. The molecule has 1 aliphatic heterocycles. The van der Waals surface area contributed by atoms with Gasteiger partial charge >= 0.3 is 0 Å². The van der Waals surface area contributed by atoms with Crippen LogP contribution in [0.3, 0.4) is 0 Å². The van der Waals surface area contributed by atoms with E-state index >= 15 is 0 Å². The number of carbonyl (C=O) groups excluding carboxylic acids is 3. The van der Waals surface area contributed by atoms with Crippen LogP contribution < -0.4 is 5.32 Å². The van der Waals surface area contributed by atoms with E-state index in [0.717, 1.165) is 28.6 Å². The van der Waals surface area contributed by atoms with Gasteiger partial charge in [-0.25, -0.2) is 4.39 Å². The fourth-order valence-electron chi connectivity index (χ4n) is 3.26. The van der Waals surface area contributed by atoms with Crippen molar-refractivity contribution in [2.24, 2.45) is 0 Å². The molecule has 1 unspecified atom stereocenters. The number of hydrogen-bond acceptors (Lipinski definition) is 4. The molecule has 1 saturated heterocycles. The van der Waals surface area contributed by atoms with Crippen molar-refractivity contribution in [3.05, 3.63) is 76.4 Å². The highest BCUT2D eigenvalue weighted by Gasteiger charge is 2.35. The number of thioether (sulfide) groups is 1. The van der Waals surface area contributed by atoms with E-state index in [1.165, 1.54) is 12.1 Å². The van der Waals surface area contributed by atoms with Crippen LogP contribution in [0.5, 0.6) is 0 Å². The van der Waals surface area contributed by atoms with Crippen molar-refractivity contribution in [2.75, 3.05) is 13.1 Å². The highest BCUT2D eigenvalue weighted by atomic mass is 32.2. The van der Waals surface area contributed by atoms with Crippen molar-refractivity contribution < 1.29 is 18.8 Å². The molecule has 156 valence electrons. The summed E-state index contributed by atoms with van der Waals surface area (Å²) in [4.78, 5) is 38.7. The SMILES string of the molecule is CCCC(C(=O)NCCN1C(=O)SC(=Cc2ccccc2F)C1=O)c1ccccc1. The van der Waals surface area contributed by atoms with Gasteiger partial charge in [-0.15, -0.1) is 0 Å². The van der Waals surface area contributed by atoms with E-state index in [9.17, 15) is 18.8 Å². The molecular formula is C23H23FN2O3S. The Kier molecular flexibility index (Phi) is 7.41. The Hall–Kier alpha value is -2.93. The van der Waals surface area contributed by atoms with Gasteiger partial charge in [-0.1, -0.05) is 61.9 Å². The zero-order valence-corrected chi connectivity index (χ0v) is 17.5. The summed E-state index contributed by atoms with van der Waals surface area (Å²) >= 11 is 0.775. The summed E-state index contributed by atoms with van der Waals surface area (Å²) in [6.45, 7) is 2.25. The molecule has 1 aliphatic rings. The summed E-state index contributed by atoms with van der Waals surface area (Å²) in [7, 11) is 0. The zero-order chi connectivity index (χ0) is 21.5. The van der Waals surface area contributed by atoms with Crippen LogP contribution in [0.15, 0.2) is 59.5 Å². The summed E-state index contributed by atoms with van der Waals surface area (Å²) < 4.78 is 13.8. The minimum Gasteiger partial charge on any atom is -0.354 e. The van der Waals surface area contributed by atoms with E-state index in [1.54, 1.807) is 18.2 Å². The van der Waals surface area contributed by atoms with Crippen LogP contribution in [0.2, 0.25) is 0 Å². The highest BCUT2D eigenvalue weighted by Crippen LogP contribution is 2.32. The third-order valence-corrected chi connectivity index (χ3v) is 5.70. The minimum atomic E-state index is -0.476. The van der Waals surface area contributed by atoms with Crippen molar-refractivity contribution in [2.45, 2.75) is 25.7 Å². The predicted molar refractivity (Wildman–Crippen MR) is 116 cm³/mol. The largest absolute Gasteiger partial charge is 0.354 e. The first-order valence-corrected chi connectivity index (χ1v) is 10.7. The lowest BCUT2D eigenvalue weighted by atomic mass is 9.94. The van der Waals surface area contributed by atoms with Gasteiger partial charge in [0.2, 0.25) is 5.91 Å². The van der Waals surface area contributed by atoms with Crippen molar-refractivity contribution in [1.29, 1.82) is 0 Å². The molecule has 3 amide bonds. The Morgan fingerprint density at radius 2 is 1.83 bits per heavy atom. The maximum atomic E-state index is 13.8. The van der Waals surface area contributed by atoms with Gasteiger partial charge in [-0.2, -0.15) is 0 Å². The smallest absolute Gasteiger partial charge is 0.293 e. The van der Waals surface area contributed by atoms with Crippen LogP contribution in [-0.2, 0) is 9.59 Å². The summed E-state index contributed by atoms with van der Waals surface area (Å²) in [6.07, 6.45) is 2.95. The molecule has 0 aliphatic carbocycles. The third kappa shape index (κ3) is 5.16. The molecule has 7 heteroatoms. The second-order valence-corrected chi connectivity index (χ2v) is 7.89. The van der Waals surface area contributed by atoms with Gasteiger partial charge in [0.25, 0.3) is 11.1 Å². The van der Waals surface area contributed by atoms with Gasteiger partial charge in [0.1, 0.15) is 5.82 Å². The lowest BCUT2D eigenvalue weighted by Gasteiger charge is -2.18. The van der Waals surface area contributed by atoms with Gasteiger partial charge in [-0.05, 0) is 35.9 Å². The number of imide groups is 1. The summed E-state index contributed by atoms with van der Waals surface area (Å²) in [5.74, 6) is -1.33. The molecule has 0 spiro atoms. The molecular weight excluding hydrogens is 403 g/mol. The first-order chi connectivity index (χ1) is 14.5. The van der Waals surface area contributed by atoms with Crippen LogP contribution in [0.4, 0.5) is 9.18 Å². The number of carbonyl (C=O) groups is 3. The number of nitrogens with zero attached hydrogens (tertiary/aromatic N) is 1. The first kappa shape index (κ1) is 21.8. The Bertz CT molecular complexity index is 962.